The molecule has 19 heavy (non-hydrogen) atoms. The van der Waals surface area contributed by atoms with Gasteiger partial charge in [0.15, 0.2) is 0 Å². The minimum Gasteiger partial charge on any atom is -0.539 e. The van der Waals surface area contributed by atoms with Gasteiger partial charge in [0.1, 0.15) is 5.95 Å². The van der Waals surface area contributed by atoms with Crippen molar-refractivity contribution in [2.45, 2.75) is 6.54 Å². The van der Waals surface area contributed by atoms with Crippen LogP contribution in [0, 0.1) is 10.1 Å². The van der Waals surface area contributed by atoms with Gasteiger partial charge < -0.3 is 14.9 Å². The molecule has 1 N–H and O–H groups in total. The maximum atomic E-state index is 11.6. The molecular weight excluding hydrogens is 256 g/mol. The van der Waals surface area contributed by atoms with Crippen LogP contribution in [0.5, 0.6) is 5.95 Å². The van der Waals surface area contributed by atoms with Gasteiger partial charge in [-0.1, -0.05) is 4.68 Å². The first-order chi connectivity index (χ1) is 9.04. The number of nitrogens with one attached hydrogen (secondary N) is 1. The Morgan fingerprint density at radius 2 is 2.11 bits per heavy atom. The van der Waals surface area contributed by atoms with E-state index >= 15 is 0 Å². The van der Waals surface area contributed by atoms with Gasteiger partial charge in [-0.15, -0.1) is 0 Å². The lowest BCUT2D eigenvalue weighted by atomic mass is 10.3. The molecule has 0 aliphatic heterocycles. The number of anilines is 1. The van der Waals surface area contributed by atoms with Crippen molar-refractivity contribution in [1.29, 1.82) is 0 Å². The van der Waals surface area contributed by atoms with E-state index in [4.69, 9.17) is 0 Å². The summed E-state index contributed by atoms with van der Waals surface area (Å²) in [5, 5.41) is 26.9. The van der Waals surface area contributed by atoms with Gasteiger partial charge in [0.25, 0.3) is 18.1 Å². The Labute approximate surface area is 106 Å². The second-order valence-electron chi connectivity index (χ2n) is 3.57. The summed E-state index contributed by atoms with van der Waals surface area (Å²) in [5.74, 6) is -1.09. The minimum atomic E-state index is -0.650. The van der Waals surface area contributed by atoms with Gasteiger partial charge in [0.2, 0.25) is 6.20 Å². The Kier molecular flexibility index (Phi) is 3.37. The fraction of sp³-hybridized carbons (Fsp3) is 0.100. The first-order valence-corrected chi connectivity index (χ1v) is 5.12. The van der Waals surface area contributed by atoms with Crippen LogP contribution in [-0.2, 0) is 11.3 Å². The molecule has 1 amide bonds. The molecule has 0 radical (unpaired) electrons. The maximum Gasteiger partial charge on any atom is 0.292 e. The van der Waals surface area contributed by atoms with E-state index < -0.39 is 16.8 Å². The summed E-state index contributed by atoms with van der Waals surface area (Å²) in [6, 6.07) is 5.36. The van der Waals surface area contributed by atoms with E-state index in [2.05, 4.69) is 15.1 Å². The van der Waals surface area contributed by atoms with Gasteiger partial charge in [-0.2, -0.15) is 0 Å². The third-order valence-electron chi connectivity index (χ3n) is 2.16. The zero-order valence-electron chi connectivity index (χ0n) is 9.48. The van der Waals surface area contributed by atoms with Gasteiger partial charge in [-0.05, 0) is 12.1 Å². The third-order valence-corrected chi connectivity index (χ3v) is 2.16. The zero-order valence-corrected chi connectivity index (χ0v) is 9.48. The molecular formula is C10H8N4O5. The second-order valence-corrected chi connectivity index (χ2v) is 3.57. The summed E-state index contributed by atoms with van der Waals surface area (Å²) in [6.45, 7) is -0.192. The SMILES string of the molecule is O=C(C[n+]1cc([O-])on1)Nc1ccc([N+](=O)[O-])cc1. The number of hydrogen-bond acceptors (Lipinski definition) is 6. The molecule has 0 saturated heterocycles. The van der Waals surface area contributed by atoms with Gasteiger partial charge in [-0.3, -0.25) is 14.9 Å². The van der Waals surface area contributed by atoms with E-state index in [0.29, 0.717) is 5.69 Å². The molecule has 1 heterocycles. The highest BCUT2D eigenvalue weighted by atomic mass is 16.6. The minimum absolute atomic E-state index is 0.0696. The summed E-state index contributed by atoms with van der Waals surface area (Å²) >= 11 is 0. The fourth-order valence-corrected chi connectivity index (χ4v) is 1.35. The number of carbonyl (C=O) groups is 1. The molecule has 0 bridgehead atoms. The number of benzene rings is 1. The predicted octanol–water partition coefficient (Wildman–Crippen LogP) is -0.417. The molecule has 0 atom stereocenters. The topological polar surface area (TPSA) is 125 Å². The second kappa shape index (κ2) is 5.12. The smallest absolute Gasteiger partial charge is 0.292 e. The summed E-state index contributed by atoms with van der Waals surface area (Å²) < 4.78 is 5.30. The van der Waals surface area contributed by atoms with Crippen molar-refractivity contribution in [2.75, 3.05) is 5.32 Å². The molecule has 9 nitrogen and oxygen atoms in total. The largest absolute Gasteiger partial charge is 0.539 e. The van der Waals surface area contributed by atoms with E-state index in [1.807, 2.05) is 0 Å². The molecule has 2 aromatic rings. The first-order valence-electron chi connectivity index (χ1n) is 5.12. The Bertz CT molecular complexity index is 607. The molecule has 1 aromatic carbocycles. The maximum absolute atomic E-state index is 11.6. The Balaban J connectivity index is 1.97. The Morgan fingerprint density at radius 1 is 1.42 bits per heavy atom. The highest BCUT2D eigenvalue weighted by Crippen LogP contribution is 2.15. The lowest BCUT2D eigenvalue weighted by Gasteiger charge is -2.01. The lowest BCUT2D eigenvalue weighted by molar-refractivity contribution is -0.750. The molecule has 0 spiro atoms. The summed E-state index contributed by atoms with van der Waals surface area (Å²) in [7, 11) is 0. The number of nitrogens with zero attached hydrogens (tertiary/aromatic N) is 3. The monoisotopic (exact) mass is 264 g/mol. The van der Waals surface area contributed by atoms with Gasteiger partial charge in [0.05, 0.1) is 10.2 Å². The third kappa shape index (κ3) is 3.25. The first kappa shape index (κ1) is 12.5. The number of hydrogen-bond donors (Lipinski definition) is 1. The average molecular weight is 264 g/mol. The molecule has 98 valence electrons. The fourth-order valence-electron chi connectivity index (χ4n) is 1.35. The normalized spacial score (nSPS) is 10.1. The van der Waals surface area contributed by atoms with Crippen molar-refractivity contribution in [3.63, 3.8) is 0 Å². The average Bonchev–Trinajstić information content (AvgIpc) is 2.75. The van der Waals surface area contributed by atoms with Crippen molar-refractivity contribution in [1.82, 2.24) is 5.27 Å². The van der Waals surface area contributed by atoms with Gasteiger partial charge in [0, 0.05) is 17.8 Å². The number of amides is 1. The van der Waals surface area contributed by atoms with Crippen LogP contribution in [0.1, 0.15) is 0 Å². The van der Waals surface area contributed by atoms with Crippen molar-refractivity contribution in [2.24, 2.45) is 0 Å². The van der Waals surface area contributed by atoms with E-state index in [1.54, 1.807) is 0 Å². The summed E-state index contributed by atoms with van der Waals surface area (Å²) in [4.78, 5) is 21.5. The van der Waals surface area contributed by atoms with Crippen molar-refractivity contribution in [3.05, 3.63) is 40.6 Å². The van der Waals surface area contributed by atoms with Crippen molar-refractivity contribution in [3.8, 4) is 5.95 Å². The number of rotatable bonds is 4. The molecule has 1 aromatic heterocycles. The van der Waals surface area contributed by atoms with Crippen LogP contribution in [-0.4, -0.2) is 16.1 Å². The van der Waals surface area contributed by atoms with Crippen LogP contribution in [0.15, 0.2) is 35.0 Å². The molecule has 0 aliphatic rings. The van der Waals surface area contributed by atoms with Crippen LogP contribution >= 0.6 is 0 Å². The molecule has 0 fully saturated rings. The highest BCUT2D eigenvalue weighted by Gasteiger charge is 2.12. The van der Waals surface area contributed by atoms with Crippen LogP contribution < -0.4 is 15.1 Å². The van der Waals surface area contributed by atoms with Crippen LogP contribution in [0.2, 0.25) is 0 Å². The zero-order chi connectivity index (χ0) is 13.8. The van der Waals surface area contributed by atoms with Crippen LogP contribution in [0.4, 0.5) is 11.4 Å². The number of nitro benzene ring substituents is 1. The molecule has 9 heteroatoms. The highest BCUT2D eigenvalue weighted by molar-refractivity contribution is 5.89. The predicted molar refractivity (Wildman–Crippen MR) is 57.9 cm³/mol. The lowest BCUT2D eigenvalue weighted by Crippen LogP contribution is -2.41. The number of non-ortho nitro benzene ring substituents is 1. The number of aromatic nitrogens is 2. The van der Waals surface area contributed by atoms with Gasteiger partial charge in [-0.25, -0.2) is 0 Å². The quantitative estimate of drug-likeness (QED) is 0.454. The molecule has 0 aliphatic carbocycles. The summed E-state index contributed by atoms with van der Waals surface area (Å²) in [5.41, 5.74) is 0.335. The van der Waals surface area contributed by atoms with E-state index in [0.717, 1.165) is 10.9 Å². The molecule has 0 unspecified atom stereocenters. The van der Waals surface area contributed by atoms with E-state index in [-0.39, 0.29) is 12.2 Å². The van der Waals surface area contributed by atoms with Crippen molar-refractivity contribution < 1.29 is 24.0 Å². The van der Waals surface area contributed by atoms with Crippen molar-refractivity contribution >= 4 is 17.3 Å². The Hall–Kier alpha value is -2.97. The molecule has 2 rings (SSSR count). The Morgan fingerprint density at radius 3 is 2.63 bits per heavy atom. The number of nitro groups is 1. The molecule has 0 saturated carbocycles. The van der Waals surface area contributed by atoms with E-state index in [1.165, 1.54) is 24.3 Å². The van der Waals surface area contributed by atoms with Crippen LogP contribution in [0.3, 0.4) is 0 Å². The summed E-state index contributed by atoms with van der Waals surface area (Å²) in [6.07, 6.45) is 1.04. The standard InChI is InChI=1S/C10H8N4O5/c15-9(5-13-6-10(16)19-12-13)11-7-1-3-8(4-2-7)14(17)18/h1-4,6H,5H2,(H-,11,12,15,16). The van der Waals surface area contributed by atoms with Gasteiger partial charge >= 0.3 is 0 Å². The van der Waals surface area contributed by atoms with Crippen LogP contribution in [0.25, 0.3) is 0 Å². The van der Waals surface area contributed by atoms with E-state index in [9.17, 15) is 20.0 Å². The number of carbonyl (C=O) groups excluding carboxylic acids is 1.